The zero-order valence-corrected chi connectivity index (χ0v) is 24.1. The number of carbonyl (C=O) groups excluding carboxylic acids is 1. The smallest absolute Gasteiger partial charge is 0.338 e. The van der Waals surface area contributed by atoms with E-state index in [2.05, 4.69) is 72.7 Å². The molecule has 6 heteroatoms. The van der Waals surface area contributed by atoms with Crippen LogP contribution in [-0.4, -0.2) is 43.1 Å². The first-order valence-corrected chi connectivity index (χ1v) is 14.4. The minimum atomic E-state index is -0.643. The van der Waals surface area contributed by atoms with Crippen molar-refractivity contribution in [3.8, 4) is 5.75 Å². The predicted molar refractivity (Wildman–Crippen MR) is 161 cm³/mol. The van der Waals surface area contributed by atoms with E-state index in [9.17, 15) is 4.79 Å². The highest BCUT2D eigenvalue weighted by molar-refractivity contribution is 6.09. The molecule has 0 saturated carbocycles. The Kier molecular flexibility index (Phi) is 6.62. The maximum Gasteiger partial charge on any atom is 0.338 e. The summed E-state index contributed by atoms with van der Waals surface area (Å²) in [5.41, 5.74) is 5.36. The number of fused-ring (bicyclic) bond motifs is 6. The van der Waals surface area contributed by atoms with E-state index >= 15 is 0 Å². The van der Waals surface area contributed by atoms with Crippen molar-refractivity contribution < 1.29 is 19.0 Å². The Morgan fingerprint density at radius 3 is 2.55 bits per heavy atom. The molecule has 0 amide bonds. The monoisotopic (exact) mass is 538 g/mol. The summed E-state index contributed by atoms with van der Waals surface area (Å²) in [5, 5.41) is 2.43. The first kappa shape index (κ1) is 26.5. The number of esters is 1. The molecular formula is C34H38N2O4. The van der Waals surface area contributed by atoms with Crippen LogP contribution in [0.2, 0.25) is 0 Å². The van der Waals surface area contributed by atoms with Gasteiger partial charge in [0.25, 0.3) is 0 Å². The van der Waals surface area contributed by atoms with Crippen LogP contribution in [0.3, 0.4) is 0 Å². The summed E-state index contributed by atoms with van der Waals surface area (Å²) in [4.78, 5) is 14.8. The lowest BCUT2D eigenvalue weighted by atomic mass is 9.77. The number of methoxy groups -OCH3 is 1. The highest BCUT2D eigenvalue weighted by Crippen LogP contribution is 2.55. The number of aryl methyl sites for hydroxylation is 1. The van der Waals surface area contributed by atoms with E-state index in [1.807, 2.05) is 31.2 Å². The Labute approximate surface area is 236 Å². The molecule has 6 nitrogen and oxygen atoms in total. The Hall–Kier alpha value is -3.77. The molecule has 0 spiro atoms. The molecule has 3 aromatic carbocycles. The quantitative estimate of drug-likeness (QED) is 0.220. The molecule has 6 rings (SSSR count). The molecule has 1 saturated heterocycles. The van der Waals surface area contributed by atoms with E-state index in [1.165, 1.54) is 21.8 Å². The second-order valence-electron chi connectivity index (χ2n) is 11.3. The van der Waals surface area contributed by atoms with Crippen molar-refractivity contribution in [3.63, 3.8) is 0 Å². The molecule has 2 aliphatic rings. The number of carbonyl (C=O) groups is 1. The Balaban J connectivity index is 1.41. The molecule has 2 aliphatic heterocycles. The number of ether oxygens (including phenoxy) is 3. The standard InChI is InChI=1S/C34H38N2O4/c1-6-8-17-35-29-12-9-23(20-26(29)27-22-25(38-5)11-14-30(27)35)15-16-34-33(3,4)28-21-24(32(37)39-7-2)10-13-31(28)36(34)18-19-40-34/h9-16,20-22H,6-8,17-19H2,1-5H3. The molecule has 1 unspecified atom stereocenters. The summed E-state index contributed by atoms with van der Waals surface area (Å²) in [7, 11) is 1.72. The molecule has 4 aromatic rings. The average Bonchev–Trinajstić information content (AvgIpc) is 3.59. The van der Waals surface area contributed by atoms with Gasteiger partial charge < -0.3 is 23.7 Å². The second kappa shape index (κ2) is 10.0. The Morgan fingerprint density at radius 2 is 1.80 bits per heavy atom. The molecule has 0 aliphatic carbocycles. The van der Waals surface area contributed by atoms with E-state index in [4.69, 9.17) is 14.2 Å². The van der Waals surface area contributed by atoms with Crippen LogP contribution in [0.5, 0.6) is 5.75 Å². The molecule has 208 valence electrons. The summed E-state index contributed by atoms with van der Waals surface area (Å²) in [5.74, 6) is 0.575. The highest BCUT2D eigenvalue weighted by atomic mass is 16.5. The molecule has 40 heavy (non-hydrogen) atoms. The van der Waals surface area contributed by atoms with Gasteiger partial charge in [-0.1, -0.05) is 39.3 Å². The van der Waals surface area contributed by atoms with Gasteiger partial charge in [0.15, 0.2) is 5.72 Å². The van der Waals surface area contributed by atoms with E-state index in [-0.39, 0.29) is 11.4 Å². The zero-order chi connectivity index (χ0) is 28.1. The van der Waals surface area contributed by atoms with Gasteiger partial charge in [0.2, 0.25) is 0 Å². The molecule has 0 radical (unpaired) electrons. The van der Waals surface area contributed by atoms with E-state index < -0.39 is 5.72 Å². The topological polar surface area (TPSA) is 52.9 Å². The first-order valence-electron chi connectivity index (χ1n) is 14.4. The SMILES string of the molecule is CCCCn1c2ccc(C=CC34OCCN3c3ccc(C(=O)OCC)cc3C4(C)C)cc2c2cc(OC)ccc21. The summed E-state index contributed by atoms with van der Waals surface area (Å²) in [6.07, 6.45) is 6.68. The summed E-state index contributed by atoms with van der Waals surface area (Å²) in [6.45, 7) is 11.3. The third-order valence-corrected chi connectivity index (χ3v) is 8.74. The highest BCUT2D eigenvalue weighted by Gasteiger charge is 2.59. The van der Waals surface area contributed by atoms with Crippen molar-refractivity contribution in [2.75, 3.05) is 31.8 Å². The van der Waals surface area contributed by atoms with Gasteiger partial charge in [-0.3, -0.25) is 0 Å². The lowest BCUT2D eigenvalue weighted by Crippen LogP contribution is -2.51. The molecule has 1 aromatic heterocycles. The van der Waals surface area contributed by atoms with Crippen LogP contribution in [0.1, 0.15) is 62.0 Å². The largest absolute Gasteiger partial charge is 0.497 e. The summed E-state index contributed by atoms with van der Waals surface area (Å²) in [6, 6.07) is 19.0. The van der Waals surface area contributed by atoms with Gasteiger partial charge in [-0.05, 0) is 79.1 Å². The van der Waals surface area contributed by atoms with Gasteiger partial charge in [0.1, 0.15) is 5.75 Å². The Bertz CT molecular complexity index is 1630. The zero-order valence-electron chi connectivity index (χ0n) is 24.1. The second-order valence-corrected chi connectivity index (χ2v) is 11.3. The third-order valence-electron chi connectivity index (χ3n) is 8.74. The van der Waals surface area contributed by atoms with Crippen LogP contribution < -0.4 is 9.64 Å². The van der Waals surface area contributed by atoms with E-state index in [0.29, 0.717) is 18.8 Å². The van der Waals surface area contributed by atoms with Crippen LogP contribution in [0.15, 0.2) is 60.7 Å². The predicted octanol–water partition coefficient (Wildman–Crippen LogP) is 7.32. The fraction of sp³-hybridized carbons (Fsp3) is 0.382. The van der Waals surface area contributed by atoms with Crippen molar-refractivity contribution in [1.82, 2.24) is 4.57 Å². The van der Waals surface area contributed by atoms with E-state index in [0.717, 1.165) is 48.5 Å². The van der Waals surface area contributed by atoms with Crippen LogP contribution in [0, 0.1) is 0 Å². The van der Waals surface area contributed by atoms with E-state index in [1.54, 1.807) is 7.11 Å². The minimum absolute atomic E-state index is 0.290. The molecule has 0 bridgehead atoms. The Morgan fingerprint density at radius 1 is 1.02 bits per heavy atom. The van der Waals surface area contributed by atoms with Crippen molar-refractivity contribution in [3.05, 3.63) is 77.4 Å². The van der Waals surface area contributed by atoms with Crippen molar-refractivity contribution >= 4 is 39.5 Å². The summed E-state index contributed by atoms with van der Waals surface area (Å²) < 4.78 is 19.8. The third kappa shape index (κ3) is 3.92. The van der Waals surface area contributed by atoms with Gasteiger partial charge in [0, 0.05) is 46.0 Å². The number of aromatic nitrogens is 1. The summed E-state index contributed by atoms with van der Waals surface area (Å²) >= 11 is 0. The molecular weight excluding hydrogens is 500 g/mol. The van der Waals surface area contributed by atoms with Gasteiger partial charge in [-0.25, -0.2) is 4.79 Å². The number of rotatable bonds is 8. The number of hydrogen-bond acceptors (Lipinski definition) is 5. The normalized spacial score (nSPS) is 19.5. The van der Waals surface area contributed by atoms with Crippen molar-refractivity contribution in [2.24, 2.45) is 0 Å². The first-order chi connectivity index (χ1) is 19.3. The average molecular weight is 539 g/mol. The number of nitrogens with zero attached hydrogens (tertiary/aromatic N) is 2. The lowest BCUT2D eigenvalue weighted by molar-refractivity contribution is 0.000297. The minimum Gasteiger partial charge on any atom is -0.497 e. The number of anilines is 1. The van der Waals surface area contributed by atoms with Crippen molar-refractivity contribution in [1.29, 1.82) is 0 Å². The molecule has 0 N–H and O–H groups in total. The van der Waals surface area contributed by atoms with Crippen LogP contribution in [0.25, 0.3) is 27.9 Å². The number of unbranched alkanes of at least 4 members (excludes halogenated alkanes) is 1. The molecule has 3 heterocycles. The van der Waals surface area contributed by atoms with Crippen molar-refractivity contribution in [2.45, 2.75) is 58.2 Å². The maximum absolute atomic E-state index is 12.5. The number of hydrogen-bond donors (Lipinski definition) is 0. The van der Waals surface area contributed by atoms with Gasteiger partial charge in [0.05, 0.1) is 25.9 Å². The van der Waals surface area contributed by atoms with Crippen LogP contribution in [0.4, 0.5) is 5.69 Å². The van der Waals surface area contributed by atoms with Crippen LogP contribution >= 0.6 is 0 Å². The lowest BCUT2D eigenvalue weighted by Gasteiger charge is -2.39. The van der Waals surface area contributed by atoms with Crippen LogP contribution in [-0.2, 0) is 21.4 Å². The fourth-order valence-electron chi connectivity index (χ4n) is 6.60. The molecule has 1 atom stereocenters. The number of benzene rings is 3. The maximum atomic E-state index is 12.5. The van der Waals surface area contributed by atoms with Gasteiger partial charge >= 0.3 is 5.97 Å². The fourth-order valence-corrected chi connectivity index (χ4v) is 6.60. The van der Waals surface area contributed by atoms with Gasteiger partial charge in [-0.15, -0.1) is 0 Å². The molecule has 1 fully saturated rings. The van der Waals surface area contributed by atoms with Gasteiger partial charge in [-0.2, -0.15) is 0 Å².